The molecule has 24 heavy (non-hydrogen) atoms. The smallest absolute Gasteiger partial charge is 0.231 e. The van der Waals surface area contributed by atoms with E-state index < -0.39 is 0 Å². The summed E-state index contributed by atoms with van der Waals surface area (Å²) in [4.78, 5) is 19.2. The van der Waals surface area contributed by atoms with E-state index >= 15 is 0 Å². The second-order valence-corrected chi connectivity index (χ2v) is 7.02. The predicted molar refractivity (Wildman–Crippen MR) is 96.9 cm³/mol. The molecule has 1 saturated heterocycles. The predicted octanol–water partition coefficient (Wildman–Crippen LogP) is 3.98. The lowest BCUT2D eigenvalue weighted by molar-refractivity contribution is -0.127. The van der Waals surface area contributed by atoms with Crippen molar-refractivity contribution in [3.05, 3.63) is 59.2 Å². The second-order valence-electron chi connectivity index (χ2n) is 6.61. The number of carbonyl (C=O) groups is 1. The number of hydrogen-bond acceptors (Lipinski definition) is 3. The Morgan fingerprint density at radius 3 is 2.58 bits per heavy atom. The van der Waals surface area contributed by atoms with Crippen LogP contribution in [0.1, 0.15) is 25.3 Å². The number of aromatic nitrogens is 1. The quantitative estimate of drug-likeness (QED) is 0.913. The number of anilines is 1. The molecule has 1 aromatic heterocycles. The fourth-order valence-electron chi connectivity index (χ4n) is 3.01. The van der Waals surface area contributed by atoms with E-state index in [1.54, 1.807) is 18.3 Å². The lowest BCUT2D eigenvalue weighted by Gasteiger charge is -2.38. The Hall–Kier alpha value is -1.91. The van der Waals surface area contributed by atoms with Crippen LogP contribution >= 0.6 is 11.6 Å². The van der Waals surface area contributed by atoms with Crippen molar-refractivity contribution in [2.24, 2.45) is 5.41 Å². The maximum atomic E-state index is 12.7. The van der Waals surface area contributed by atoms with Crippen LogP contribution in [0, 0.1) is 5.41 Å². The van der Waals surface area contributed by atoms with Gasteiger partial charge in [-0.1, -0.05) is 48.9 Å². The fourth-order valence-corrected chi connectivity index (χ4v) is 3.18. The van der Waals surface area contributed by atoms with E-state index in [0.29, 0.717) is 10.8 Å². The standard InChI is InChI=1S/C19H22ClN3O/c1-19(18(24)22-17-16(20)8-5-11-21-17)9-12-23(13-10-19)14-15-6-3-2-4-7-15/h2-8,11H,9-10,12-14H2,1H3,(H,21,22,24). The molecule has 0 unspecified atom stereocenters. The monoisotopic (exact) mass is 343 g/mol. The molecule has 0 spiro atoms. The highest BCUT2D eigenvalue weighted by Crippen LogP contribution is 2.33. The number of nitrogens with zero attached hydrogens (tertiary/aromatic N) is 2. The number of benzene rings is 1. The Morgan fingerprint density at radius 1 is 1.21 bits per heavy atom. The number of piperidine rings is 1. The fraction of sp³-hybridized carbons (Fsp3) is 0.368. The van der Waals surface area contributed by atoms with Gasteiger partial charge in [0.15, 0.2) is 5.82 Å². The van der Waals surface area contributed by atoms with Gasteiger partial charge in [-0.25, -0.2) is 4.98 Å². The number of rotatable bonds is 4. The summed E-state index contributed by atoms with van der Waals surface area (Å²) in [7, 11) is 0. The van der Waals surface area contributed by atoms with E-state index in [4.69, 9.17) is 11.6 Å². The Labute approximate surface area is 147 Å². The SMILES string of the molecule is CC1(C(=O)Nc2ncccc2Cl)CCN(Cc2ccccc2)CC1. The summed E-state index contributed by atoms with van der Waals surface area (Å²) < 4.78 is 0. The van der Waals surface area contributed by atoms with Crippen LogP contribution in [-0.4, -0.2) is 28.9 Å². The van der Waals surface area contributed by atoms with Crippen LogP contribution in [0.2, 0.25) is 5.02 Å². The highest BCUT2D eigenvalue weighted by molar-refractivity contribution is 6.33. The molecule has 1 amide bonds. The highest BCUT2D eigenvalue weighted by atomic mass is 35.5. The third kappa shape index (κ3) is 3.94. The summed E-state index contributed by atoms with van der Waals surface area (Å²) in [6.07, 6.45) is 3.29. The molecule has 0 saturated carbocycles. The highest BCUT2D eigenvalue weighted by Gasteiger charge is 2.37. The molecular formula is C19H22ClN3O. The van der Waals surface area contributed by atoms with Gasteiger partial charge in [-0.05, 0) is 43.6 Å². The summed E-state index contributed by atoms with van der Waals surface area (Å²) in [5, 5.41) is 3.35. The molecule has 0 aliphatic carbocycles. The average Bonchev–Trinajstić information content (AvgIpc) is 2.60. The van der Waals surface area contributed by atoms with Crippen LogP contribution in [0.5, 0.6) is 0 Å². The molecule has 4 nitrogen and oxygen atoms in total. The van der Waals surface area contributed by atoms with Gasteiger partial charge in [0.05, 0.1) is 5.02 Å². The minimum atomic E-state index is -0.381. The molecule has 1 aromatic carbocycles. The average molecular weight is 344 g/mol. The molecule has 1 N–H and O–H groups in total. The van der Waals surface area contributed by atoms with E-state index in [9.17, 15) is 4.79 Å². The van der Waals surface area contributed by atoms with Crippen molar-refractivity contribution in [1.29, 1.82) is 0 Å². The second kappa shape index (κ2) is 7.32. The number of likely N-dealkylation sites (tertiary alicyclic amines) is 1. The van der Waals surface area contributed by atoms with E-state index in [1.807, 2.05) is 13.0 Å². The summed E-state index contributed by atoms with van der Waals surface area (Å²) in [5.74, 6) is 0.444. The number of amides is 1. The van der Waals surface area contributed by atoms with Crippen LogP contribution in [-0.2, 0) is 11.3 Å². The first-order valence-electron chi connectivity index (χ1n) is 8.25. The zero-order valence-corrected chi connectivity index (χ0v) is 14.6. The van der Waals surface area contributed by atoms with Gasteiger partial charge in [0.25, 0.3) is 0 Å². The van der Waals surface area contributed by atoms with Gasteiger partial charge in [0, 0.05) is 18.2 Å². The first-order chi connectivity index (χ1) is 11.6. The first kappa shape index (κ1) is 16.9. The molecule has 126 valence electrons. The minimum Gasteiger partial charge on any atom is -0.309 e. The van der Waals surface area contributed by atoms with Crippen LogP contribution in [0.3, 0.4) is 0 Å². The summed E-state index contributed by atoms with van der Waals surface area (Å²) in [6.45, 7) is 4.78. The van der Waals surface area contributed by atoms with Crippen molar-refractivity contribution in [1.82, 2.24) is 9.88 Å². The van der Waals surface area contributed by atoms with E-state index in [0.717, 1.165) is 32.5 Å². The Morgan fingerprint density at radius 2 is 1.92 bits per heavy atom. The summed E-state index contributed by atoms with van der Waals surface area (Å²) >= 11 is 6.08. The molecule has 2 heterocycles. The molecule has 2 aromatic rings. The number of carbonyl (C=O) groups excluding carboxylic acids is 1. The lowest BCUT2D eigenvalue weighted by atomic mass is 9.79. The summed E-state index contributed by atoms with van der Waals surface area (Å²) in [6, 6.07) is 13.9. The van der Waals surface area contributed by atoms with E-state index in [1.165, 1.54) is 5.56 Å². The molecule has 1 aliphatic heterocycles. The topological polar surface area (TPSA) is 45.2 Å². The zero-order valence-electron chi connectivity index (χ0n) is 13.8. The molecule has 1 fully saturated rings. The number of hydrogen-bond donors (Lipinski definition) is 1. The molecular weight excluding hydrogens is 322 g/mol. The van der Waals surface area contributed by atoms with Crippen molar-refractivity contribution in [3.8, 4) is 0 Å². The van der Waals surface area contributed by atoms with E-state index in [-0.39, 0.29) is 11.3 Å². The lowest BCUT2D eigenvalue weighted by Crippen LogP contribution is -2.44. The van der Waals surface area contributed by atoms with Gasteiger partial charge >= 0.3 is 0 Å². The van der Waals surface area contributed by atoms with Gasteiger partial charge in [-0.3, -0.25) is 9.69 Å². The minimum absolute atomic E-state index is 0.00228. The van der Waals surface area contributed by atoms with Gasteiger partial charge in [0.1, 0.15) is 0 Å². The number of pyridine rings is 1. The normalized spacial score (nSPS) is 17.4. The maximum Gasteiger partial charge on any atom is 0.231 e. The van der Waals surface area contributed by atoms with Gasteiger partial charge < -0.3 is 5.32 Å². The van der Waals surface area contributed by atoms with Gasteiger partial charge in [-0.2, -0.15) is 0 Å². The van der Waals surface area contributed by atoms with Gasteiger partial charge in [0.2, 0.25) is 5.91 Å². The first-order valence-corrected chi connectivity index (χ1v) is 8.63. The van der Waals surface area contributed by atoms with Crippen molar-refractivity contribution < 1.29 is 4.79 Å². The van der Waals surface area contributed by atoms with Crippen molar-refractivity contribution in [3.63, 3.8) is 0 Å². The number of halogens is 1. The third-order valence-electron chi connectivity index (χ3n) is 4.75. The van der Waals surface area contributed by atoms with Crippen molar-refractivity contribution in [2.75, 3.05) is 18.4 Å². The molecule has 1 aliphatic rings. The third-order valence-corrected chi connectivity index (χ3v) is 5.05. The largest absolute Gasteiger partial charge is 0.309 e. The summed E-state index contributed by atoms with van der Waals surface area (Å²) in [5.41, 5.74) is 0.930. The Balaban J connectivity index is 1.58. The van der Waals surface area contributed by atoms with Crippen LogP contribution in [0.4, 0.5) is 5.82 Å². The van der Waals surface area contributed by atoms with Crippen LogP contribution in [0.25, 0.3) is 0 Å². The molecule has 0 radical (unpaired) electrons. The van der Waals surface area contributed by atoms with Crippen LogP contribution < -0.4 is 5.32 Å². The maximum absolute atomic E-state index is 12.7. The molecule has 3 rings (SSSR count). The van der Waals surface area contributed by atoms with Crippen molar-refractivity contribution in [2.45, 2.75) is 26.3 Å². The van der Waals surface area contributed by atoms with Crippen LogP contribution in [0.15, 0.2) is 48.7 Å². The molecule has 0 atom stereocenters. The van der Waals surface area contributed by atoms with E-state index in [2.05, 4.69) is 39.5 Å². The van der Waals surface area contributed by atoms with Gasteiger partial charge in [-0.15, -0.1) is 0 Å². The Kier molecular flexibility index (Phi) is 5.17. The molecule has 5 heteroatoms. The number of nitrogens with one attached hydrogen (secondary N) is 1. The Bertz CT molecular complexity index is 697. The van der Waals surface area contributed by atoms with Crippen molar-refractivity contribution >= 4 is 23.3 Å². The zero-order chi connectivity index (χ0) is 17.0. The molecule has 0 bridgehead atoms.